The van der Waals surface area contributed by atoms with E-state index in [0.29, 0.717) is 23.8 Å². The largest absolute Gasteiger partial charge is 0.351 e. The Bertz CT molecular complexity index is 386. The lowest BCUT2D eigenvalue weighted by Gasteiger charge is -2.23. The summed E-state index contributed by atoms with van der Waals surface area (Å²) >= 11 is 5.78. The van der Waals surface area contributed by atoms with E-state index in [1.54, 1.807) is 38.1 Å². The van der Waals surface area contributed by atoms with E-state index in [4.69, 9.17) is 26.4 Å². The molecule has 1 aromatic carbocycles. The van der Waals surface area contributed by atoms with E-state index in [9.17, 15) is 4.57 Å². The van der Waals surface area contributed by atoms with E-state index in [1.807, 2.05) is 0 Å². The van der Waals surface area contributed by atoms with Gasteiger partial charge in [-0.15, -0.1) is 0 Å². The number of nitrogens with two attached hydrogens (primary N) is 1. The third-order valence-corrected chi connectivity index (χ3v) is 4.64. The Morgan fingerprint density at radius 1 is 1.24 bits per heavy atom. The standard InChI is InChI=1S/C11H17ClNO3P/c1-3-15-17(14,16-4-2)11(13)9-5-7-10(12)8-6-9/h5-8,11H,3-4,13H2,1-2H3/t11-/m0/s1. The maximum absolute atomic E-state index is 12.4. The van der Waals surface area contributed by atoms with E-state index in [-0.39, 0.29) is 0 Å². The molecule has 0 saturated carbocycles. The fraction of sp³-hybridized carbons (Fsp3) is 0.455. The van der Waals surface area contributed by atoms with Gasteiger partial charge in [-0.1, -0.05) is 23.7 Å². The molecule has 1 atom stereocenters. The van der Waals surface area contributed by atoms with E-state index in [1.165, 1.54) is 0 Å². The van der Waals surface area contributed by atoms with E-state index < -0.39 is 13.4 Å². The molecular formula is C11H17ClNO3P. The summed E-state index contributed by atoms with van der Waals surface area (Å²) in [6, 6.07) is 6.83. The minimum atomic E-state index is -3.31. The molecular weight excluding hydrogens is 261 g/mol. The molecule has 0 aliphatic rings. The molecule has 0 amide bonds. The third kappa shape index (κ3) is 3.80. The molecule has 4 nitrogen and oxygen atoms in total. The summed E-state index contributed by atoms with van der Waals surface area (Å²) in [6.07, 6.45) is 0. The lowest BCUT2D eigenvalue weighted by atomic mass is 10.2. The predicted molar refractivity (Wildman–Crippen MR) is 69.2 cm³/mol. The Balaban J connectivity index is 2.95. The topological polar surface area (TPSA) is 61.5 Å². The second-order valence-electron chi connectivity index (χ2n) is 3.37. The van der Waals surface area contributed by atoms with Crippen molar-refractivity contribution in [3.63, 3.8) is 0 Å². The fourth-order valence-electron chi connectivity index (χ4n) is 1.40. The Labute approximate surface area is 107 Å². The highest BCUT2D eigenvalue weighted by atomic mass is 35.5. The lowest BCUT2D eigenvalue weighted by Crippen LogP contribution is -2.14. The monoisotopic (exact) mass is 277 g/mol. The van der Waals surface area contributed by atoms with Crippen LogP contribution in [0.1, 0.15) is 25.2 Å². The third-order valence-electron chi connectivity index (χ3n) is 2.17. The van der Waals surface area contributed by atoms with Crippen molar-refractivity contribution in [2.45, 2.75) is 19.6 Å². The van der Waals surface area contributed by atoms with Crippen LogP contribution in [-0.2, 0) is 13.6 Å². The SMILES string of the molecule is CCOP(=O)(OCC)[C@H](N)c1ccc(Cl)cc1. The van der Waals surface area contributed by atoms with Crippen LogP contribution < -0.4 is 5.73 Å². The molecule has 1 aromatic rings. The molecule has 0 aliphatic carbocycles. The number of hydrogen-bond acceptors (Lipinski definition) is 4. The zero-order chi connectivity index (χ0) is 12.9. The van der Waals surface area contributed by atoms with Crippen LogP contribution in [-0.4, -0.2) is 13.2 Å². The molecule has 0 heterocycles. The first-order chi connectivity index (χ1) is 8.03. The van der Waals surface area contributed by atoms with Gasteiger partial charge in [0, 0.05) is 5.02 Å². The normalized spacial score (nSPS) is 13.6. The molecule has 6 heteroatoms. The van der Waals surface area contributed by atoms with Gasteiger partial charge in [-0.25, -0.2) is 0 Å². The smallest absolute Gasteiger partial charge is 0.314 e. The zero-order valence-electron chi connectivity index (χ0n) is 9.93. The van der Waals surface area contributed by atoms with Crippen LogP contribution in [0.4, 0.5) is 0 Å². The molecule has 0 fully saturated rings. The number of hydrogen-bond donors (Lipinski definition) is 1. The summed E-state index contributed by atoms with van der Waals surface area (Å²) in [6.45, 7) is 4.08. The highest BCUT2D eigenvalue weighted by Gasteiger charge is 2.33. The molecule has 0 saturated heterocycles. The molecule has 96 valence electrons. The van der Waals surface area contributed by atoms with Gasteiger partial charge < -0.3 is 14.8 Å². The Morgan fingerprint density at radius 2 is 1.71 bits per heavy atom. The number of rotatable bonds is 6. The van der Waals surface area contributed by atoms with Gasteiger partial charge in [-0.05, 0) is 31.5 Å². The van der Waals surface area contributed by atoms with Crippen molar-refractivity contribution in [2.75, 3.05) is 13.2 Å². The van der Waals surface area contributed by atoms with Crippen LogP contribution in [0.2, 0.25) is 5.02 Å². The maximum atomic E-state index is 12.4. The predicted octanol–water partition coefficient (Wildman–Crippen LogP) is 3.56. The lowest BCUT2D eigenvalue weighted by molar-refractivity contribution is 0.212. The molecule has 0 bridgehead atoms. The van der Waals surface area contributed by atoms with Crippen molar-refractivity contribution in [3.05, 3.63) is 34.9 Å². The van der Waals surface area contributed by atoms with Crippen LogP contribution in [0.3, 0.4) is 0 Å². The highest BCUT2D eigenvalue weighted by Crippen LogP contribution is 2.58. The average molecular weight is 278 g/mol. The molecule has 17 heavy (non-hydrogen) atoms. The molecule has 0 aromatic heterocycles. The molecule has 0 aliphatic heterocycles. The van der Waals surface area contributed by atoms with E-state index in [0.717, 1.165) is 0 Å². The van der Waals surface area contributed by atoms with Crippen LogP contribution in [0.5, 0.6) is 0 Å². The minimum absolute atomic E-state index is 0.290. The summed E-state index contributed by atoms with van der Waals surface area (Å²) in [5.74, 6) is -0.792. The maximum Gasteiger partial charge on any atom is 0.351 e. The average Bonchev–Trinajstić information content (AvgIpc) is 2.30. The van der Waals surface area contributed by atoms with E-state index in [2.05, 4.69) is 0 Å². The van der Waals surface area contributed by atoms with Gasteiger partial charge in [-0.2, -0.15) is 0 Å². The van der Waals surface area contributed by atoms with Crippen molar-refractivity contribution >= 4 is 19.2 Å². The first-order valence-corrected chi connectivity index (χ1v) is 7.42. The summed E-state index contributed by atoms with van der Waals surface area (Å²) < 4.78 is 22.8. The van der Waals surface area contributed by atoms with E-state index >= 15 is 0 Å². The summed E-state index contributed by atoms with van der Waals surface area (Å²) in [4.78, 5) is 0. The highest BCUT2D eigenvalue weighted by molar-refractivity contribution is 7.54. The Morgan fingerprint density at radius 3 is 2.12 bits per heavy atom. The summed E-state index contributed by atoms with van der Waals surface area (Å²) in [5.41, 5.74) is 6.62. The Kier molecular flexibility index (Phi) is 5.63. The van der Waals surface area contributed by atoms with Gasteiger partial charge in [0.05, 0.1) is 13.2 Å². The number of benzene rings is 1. The van der Waals surface area contributed by atoms with Gasteiger partial charge in [0.15, 0.2) is 0 Å². The quantitative estimate of drug-likeness (QED) is 0.808. The first kappa shape index (κ1) is 14.7. The van der Waals surface area contributed by atoms with Crippen molar-refractivity contribution in [1.29, 1.82) is 0 Å². The summed E-state index contributed by atoms with van der Waals surface area (Å²) in [7, 11) is -3.31. The van der Waals surface area contributed by atoms with Gasteiger partial charge in [0.25, 0.3) is 0 Å². The van der Waals surface area contributed by atoms with Crippen molar-refractivity contribution in [1.82, 2.24) is 0 Å². The minimum Gasteiger partial charge on any atom is -0.314 e. The second kappa shape index (κ2) is 6.53. The van der Waals surface area contributed by atoms with Gasteiger partial charge in [0.1, 0.15) is 5.78 Å². The van der Waals surface area contributed by atoms with Gasteiger partial charge >= 0.3 is 7.60 Å². The zero-order valence-corrected chi connectivity index (χ0v) is 11.6. The number of halogens is 1. The van der Waals surface area contributed by atoms with Crippen LogP contribution >= 0.6 is 19.2 Å². The van der Waals surface area contributed by atoms with Gasteiger partial charge in [0.2, 0.25) is 0 Å². The second-order valence-corrected chi connectivity index (χ2v) is 5.96. The molecule has 0 radical (unpaired) electrons. The van der Waals surface area contributed by atoms with Crippen molar-refractivity contribution in [3.8, 4) is 0 Å². The van der Waals surface area contributed by atoms with Crippen LogP contribution in [0.25, 0.3) is 0 Å². The molecule has 1 rings (SSSR count). The Hall–Kier alpha value is -0.380. The van der Waals surface area contributed by atoms with Crippen molar-refractivity contribution in [2.24, 2.45) is 5.73 Å². The summed E-state index contributed by atoms with van der Waals surface area (Å²) in [5, 5.41) is 0.601. The molecule has 2 N–H and O–H groups in total. The molecule has 0 spiro atoms. The van der Waals surface area contributed by atoms with Crippen LogP contribution in [0, 0.1) is 0 Å². The molecule has 0 unspecified atom stereocenters. The van der Waals surface area contributed by atoms with Crippen LogP contribution in [0.15, 0.2) is 24.3 Å². The first-order valence-electron chi connectivity index (χ1n) is 5.43. The van der Waals surface area contributed by atoms with Crippen molar-refractivity contribution < 1.29 is 13.6 Å². The fourth-order valence-corrected chi connectivity index (χ4v) is 3.18. The van der Waals surface area contributed by atoms with Gasteiger partial charge in [-0.3, -0.25) is 4.57 Å².